The zero-order valence-electron chi connectivity index (χ0n) is 31.0. The summed E-state index contributed by atoms with van der Waals surface area (Å²) in [6.45, 7) is 0. The summed E-state index contributed by atoms with van der Waals surface area (Å²) in [4.78, 5) is 9.58. The van der Waals surface area contributed by atoms with Crippen LogP contribution in [0.15, 0.2) is 182 Å². The van der Waals surface area contributed by atoms with Crippen LogP contribution in [-0.4, -0.2) is 19.1 Å². The quantitative estimate of drug-likeness (QED) is 0.176. The lowest BCUT2D eigenvalue weighted by molar-refractivity contribution is 0.792. The van der Waals surface area contributed by atoms with Crippen LogP contribution in [0.1, 0.15) is 22.3 Å². The summed E-state index contributed by atoms with van der Waals surface area (Å²) in [7, 11) is 0. The van der Waals surface area contributed by atoms with Gasteiger partial charge in [-0.2, -0.15) is 0 Å². The summed E-state index contributed by atoms with van der Waals surface area (Å²) in [6, 6.07) is 63.1. The number of para-hydroxylation sites is 3. The minimum atomic E-state index is -0.446. The van der Waals surface area contributed by atoms with Crippen molar-refractivity contribution >= 4 is 75.3 Å². The second kappa shape index (κ2) is 10.9. The SMILES string of the molecule is c1ccc(-n2c3ccccc3c3c4sc5cncnc5c4c4c(c5ccccc5n4-c4ccc5c(c4)C4(c6ccccc6-c6ccccc64)c4ccccc4-5)c32)cc1. The number of benzene rings is 8. The highest BCUT2D eigenvalue weighted by Gasteiger charge is 2.51. The lowest BCUT2D eigenvalue weighted by Crippen LogP contribution is -2.26. The van der Waals surface area contributed by atoms with Crippen LogP contribution in [0.4, 0.5) is 0 Å². The first-order valence-corrected chi connectivity index (χ1v) is 20.6. The van der Waals surface area contributed by atoms with Crippen LogP contribution in [0.2, 0.25) is 0 Å². The molecule has 0 radical (unpaired) electrons. The van der Waals surface area contributed by atoms with Crippen molar-refractivity contribution in [3.63, 3.8) is 0 Å². The Morgan fingerprint density at radius 1 is 0.448 bits per heavy atom. The highest BCUT2D eigenvalue weighted by molar-refractivity contribution is 7.27. The lowest BCUT2D eigenvalue weighted by Gasteiger charge is -2.30. The highest BCUT2D eigenvalue weighted by atomic mass is 32.1. The molecule has 4 heterocycles. The van der Waals surface area contributed by atoms with Crippen molar-refractivity contribution in [2.24, 2.45) is 0 Å². The molecule has 0 fully saturated rings. The molecule has 0 bridgehead atoms. The molecule has 0 unspecified atom stereocenters. The predicted octanol–water partition coefficient (Wildman–Crippen LogP) is 13.4. The van der Waals surface area contributed by atoms with Crippen molar-refractivity contribution in [3.8, 4) is 33.6 Å². The fourth-order valence-electron chi connectivity index (χ4n) is 11.0. The van der Waals surface area contributed by atoms with Crippen molar-refractivity contribution in [1.82, 2.24) is 19.1 Å². The van der Waals surface area contributed by atoms with E-state index in [2.05, 4.69) is 184 Å². The molecule has 0 aliphatic heterocycles. The highest BCUT2D eigenvalue weighted by Crippen LogP contribution is 2.63. The maximum absolute atomic E-state index is 5.05. The first kappa shape index (κ1) is 30.8. The second-order valence-electron chi connectivity index (χ2n) is 15.6. The zero-order valence-corrected chi connectivity index (χ0v) is 31.8. The Morgan fingerprint density at radius 3 is 1.66 bits per heavy atom. The van der Waals surface area contributed by atoms with Gasteiger partial charge in [0.05, 0.1) is 37.7 Å². The Balaban J connectivity index is 1.20. The van der Waals surface area contributed by atoms with Crippen LogP contribution in [0.5, 0.6) is 0 Å². The maximum atomic E-state index is 5.05. The van der Waals surface area contributed by atoms with Crippen molar-refractivity contribution in [3.05, 3.63) is 205 Å². The summed E-state index contributed by atoms with van der Waals surface area (Å²) in [5.41, 5.74) is 18.1. The number of thiophene rings is 1. The summed E-state index contributed by atoms with van der Waals surface area (Å²) in [5, 5.41) is 6.11. The van der Waals surface area contributed by atoms with Gasteiger partial charge < -0.3 is 9.13 Å². The number of fused-ring (bicyclic) bond motifs is 22. The average Bonchev–Trinajstić information content (AvgIpc) is 4.07. The Morgan fingerprint density at radius 2 is 0.983 bits per heavy atom. The van der Waals surface area contributed by atoms with Gasteiger partial charge >= 0.3 is 0 Å². The first-order chi connectivity index (χ1) is 28.8. The van der Waals surface area contributed by atoms with Crippen molar-refractivity contribution in [2.45, 2.75) is 5.41 Å². The van der Waals surface area contributed by atoms with Gasteiger partial charge in [-0.15, -0.1) is 11.3 Å². The molecule has 8 aromatic carbocycles. The molecule has 4 aromatic heterocycles. The van der Waals surface area contributed by atoms with Gasteiger partial charge in [0.1, 0.15) is 6.33 Å². The van der Waals surface area contributed by atoms with Gasteiger partial charge in [0.25, 0.3) is 0 Å². The van der Waals surface area contributed by atoms with E-state index in [1.54, 1.807) is 17.7 Å². The monoisotopic (exact) mass is 754 g/mol. The molecule has 0 atom stereocenters. The van der Waals surface area contributed by atoms with E-state index in [1.165, 1.54) is 98.2 Å². The van der Waals surface area contributed by atoms with Crippen LogP contribution in [-0.2, 0) is 5.41 Å². The van der Waals surface area contributed by atoms with E-state index < -0.39 is 5.41 Å². The van der Waals surface area contributed by atoms with Crippen LogP contribution in [0, 0.1) is 0 Å². The third kappa shape index (κ3) is 3.58. The third-order valence-corrected chi connectivity index (χ3v) is 14.2. The molecule has 0 N–H and O–H groups in total. The van der Waals surface area contributed by atoms with Crippen molar-refractivity contribution in [1.29, 1.82) is 0 Å². The standard InChI is InChI=1S/C53H30N4S/c1-2-14-31(15-3-1)56-44-25-13-8-20-38(44)47-50(56)46-37-19-7-12-24-43(37)57(51(46)48-49-45(58-52(47)48)29-54-30-55-49)32-26-27-36-35-18-6-11-23-41(35)53(42(36)28-32)39-21-9-4-16-33(39)34-17-5-10-22-40(34)53/h1-30H. The molecular weight excluding hydrogens is 725 g/mol. The summed E-state index contributed by atoms with van der Waals surface area (Å²) in [6.07, 6.45) is 3.69. The molecule has 268 valence electrons. The molecule has 2 aliphatic carbocycles. The Bertz CT molecular complexity index is 3690. The molecule has 2 aliphatic rings. The fourth-order valence-corrected chi connectivity index (χ4v) is 12.2. The topological polar surface area (TPSA) is 35.6 Å². The van der Waals surface area contributed by atoms with E-state index in [0.29, 0.717) is 0 Å². The van der Waals surface area contributed by atoms with Gasteiger partial charge in [0, 0.05) is 49.2 Å². The molecule has 58 heavy (non-hydrogen) atoms. The van der Waals surface area contributed by atoms with Crippen LogP contribution < -0.4 is 0 Å². The molecule has 12 aromatic rings. The summed E-state index contributed by atoms with van der Waals surface area (Å²) < 4.78 is 7.34. The largest absolute Gasteiger partial charge is 0.308 e. The summed E-state index contributed by atoms with van der Waals surface area (Å²) >= 11 is 1.80. The van der Waals surface area contributed by atoms with Gasteiger partial charge in [0.15, 0.2) is 0 Å². The minimum Gasteiger partial charge on any atom is -0.308 e. The molecule has 1 spiro atoms. The van der Waals surface area contributed by atoms with Gasteiger partial charge in [-0.3, -0.25) is 0 Å². The summed E-state index contributed by atoms with van der Waals surface area (Å²) in [5.74, 6) is 0. The first-order valence-electron chi connectivity index (χ1n) is 19.8. The van der Waals surface area contributed by atoms with E-state index in [9.17, 15) is 0 Å². The van der Waals surface area contributed by atoms with Crippen LogP contribution in [0.25, 0.3) is 97.5 Å². The molecule has 0 saturated carbocycles. The Labute approximate surface area is 336 Å². The Kier molecular flexibility index (Phi) is 5.82. The van der Waals surface area contributed by atoms with E-state index >= 15 is 0 Å². The van der Waals surface area contributed by atoms with Gasteiger partial charge in [0.2, 0.25) is 0 Å². The average molecular weight is 755 g/mol. The fraction of sp³-hybridized carbons (Fsp3) is 0.0189. The van der Waals surface area contributed by atoms with Crippen LogP contribution >= 0.6 is 11.3 Å². The Hall–Kier alpha value is -7.34. The number of aromatic nitrogens is 4. The molecule has 4 nitrogen and oxygen atoms in total. The van der Waals surface area contributed by atoms with Crippen molar-refractivity contribution in [2.75, 3.05) is 0 Å². The molecular formula is C53H30N4S. The number of nitrogens with zero attached hydrogens (tertiary/aromatic N) is 4. The number of rotatable bonds is 2. The lowest BCUT2D eigenvalue weighted by atomic mass is 9.70. The van der Waals surface area contributed by atoms with E-state index in [-0.39, 0.29) is 0 Å². The number of hydrogen-bond donors (Lipinski definition) is 0. The number of hydrogen-bond acceptors (Lipinski definition) is 3. The van der Waals surface area contributed by atoms with E-state index in [1.807, 2.05) is 6.20 Å². The predicted molar refractivity (Wildman–Crippen MR) is 240 cm³/mol. The molecule has 0 amide bonds. The van der Waals surface area contributed by atoms with Gasteiger partial charge in [-0.05, 0) is 80.9 Å². The molecule has 5 heteroatoms. The van der Waals surface area contributed by atoms with Gasteiger partial charge in [-0.1, -0.05) is 133 Å². The van der Waals surface area contributed by atoms with Crippen LogP contribution in [0.3, 0.4) is 0 Å². The second-order valence-corrected chi connectivity index (χ2v) is 16.7. The minimum absolute atomic E-state index is 0.446. The molecule has 0 saturated heterocycles. The van der Waals surface area contributed by atoms with E-state index in [0.717, 1.165) is 21.6 Å². The van der Waals surface area contributed by atoms with Crippen molar-refractivity contribution < 1.29 is 0 Å². The zero-order chi connectivity index (χ0) is 37.7. The normalized spacial score (nSPS) is 13.7. The maximum Gasteiger partial charge on any atom is 0.116 e. The third-order valence-electron chi connectivity index (χ3n) is 13.1. The van der Waals surface area contributed by atoms with Gasteiger partial charge in [-0.25, -0.2) is 9.97 Å². The van der Waals surface area contributed by atoms with E-state index in [4.69, 9.17) is 4.98 Å². The molecule has 14 rings (SSSR count). The smallest absolute Gasteiger partial charge is 0.116 e.